The van der Waals surface area contributed by atoms with Crippen molar-refractivity contribution >= 4 is 5.97 Å². The minimum absolute atomic E-state index is 0.0724. The van der Waals surface area contributed by atoms with Gasteiger partial charge in [0.1, 0.15) is 85.5 Å². The van der Waals surface area contributed by atoms with E-state index >= 15 is 0 Å². The molecule has 0 aromatic rings. The molecular weight excluding hydrogens is 989 g/mol. The second-order valence-electron chi connectivity index (χ2n) is 25.5. The first-order chi connectivity index (χ1) is 35.0. The molecule has 0 radical (unpaired) electrons. The van der Waals surface area contributed by atoms with Crippen molar-refractivity contribution in [3.8, 4) is 0 Å². The van der Waals surface area contributed by atoms with Gasteiger partial charge >= 0.3 is 5.97 Å². The van der Waals surface area contributed by atoms with Crippen LogP contribution in [0.1, 0.15) is 113 Å². The highest BCUT2D eigenvalue weighted by atomic mass is 16.8. The van der Waals surface area contributed by atoms with Crippen LogP contribution in [0.2, 0.25) is 0 Å². The number of hydrogen-bond donors (Lipinski definition) is 13. The summed E-state index contributed by atoms with van der Waals surface area (Å²) in [6, 6.07) is 0. The minimum atomic E-state index is -1.96. The highest BCUT2D eigenvalue weighted by Crippen LogP contribution is 2.76. The fourth-order valence-corrected chi connectivity index (χ4v) is 16.5. The molecule has 5 aliphatic carbocycles. The molecule has 75 heavy (non-hydrogen) atoms. The third kappa shape index (κ3) is 9.12. The molecule has 0 bridgehead atoms. The second kappa shape index (κ2) is 20.7. The largest absolute Gasteiger partial charge is 0.481 e. The maximum atomic E-state index is 13.3. The van der Waals surface area contributed by atoms with Gasteiger partial charge in [-0.15, -0.1) is 0 Å². The van der Waals surface area contributed by atoms with Gasteiger partial charge in [-0.3, -0.25) is 4.79 Å². The van der Waals surface area contributed by atoms with Crippen LogP contribution in [-0.2, 0) is 42.7 Å². The van der Waals surface area contributed by atoms with Crippen LogP contribution in [0.25, 0.3) is 0 Å². The summed E-state index contributed by atoms with van der Waals surface area (Å²) in [7, 11) is 0. The van der Waals surface area contributed by atoms with Gasteiger partial charge in [-0.2, -0.15) is 0 Å². The van der Waals surface area contributed by atoms with Gasteiger partial charge in [-0.25, -0.2) is 0 Å². The van der Waals surface area contributed by atoms with Crippen LogP contribution in [0.4, 0.5) is 0 Å². The predicted molar refractivity (Wildman–Crippen MR) is 257 cm³/mol. The third-order valence-electron chi connectivity index (χ3n) is 21.5. The number of carboxylic acids is 1. The Morgan fingerprint density at radius 1 is 0.613 bits per heavy atom. The van der Waals surface area contributed by atoms with E-state index in [0.717, 1.165) is 31.3 Å². The van der Waals surface area contributed by atoms with Gasteiger partial charge in [0, 0.05) is 5.92 Å². The summed E-state index contributed by atoms with van der Waals surface area (Å²) in [6.07, 6.45) is -24.1. The molecule has 0 aromatic heterocycles. The van der Waals surface area contributed by atoms with Crippen LogP contribution in [0.3, 0.4) is 0 Å². The molecule has 0 spiro atoms. The number of fused-ring (bicyclic) bond motifs is 7. The summed E-state index contributed by atoms with van der Waals surface area (Å²) in [6.45, 7) is 14.6. The van der Waals surface area contributed by atoms with E-state index in [4.69, 9.17) is 37.9 Å². The Morgan fingerprint density at radius 2 is 1.20 bits per heavy atom. The van der Waals surface area contributed by atoms with E-state index in [2.05, 4.69) is 40.7 Å². The molecule has 22 heteroatoms. The first kappa shape index (κ1) is 58.1. The monoisotopic (exact) mass is 1070 g/mol. The predicted octanol–water partition coefficient (Wildman–Crippen LogP) is -0.832. The molecule has 22 nitrogen and oxygen atoms in total. The number of allylic oxidation sites excluding steroid dienone is 1. The summed E-state index contributed by atoms with van der Waals surface area (Å²) in [5, 5.41) is 142. The van der Waals surface area contributed by atoms with Crippen LogP contribution >= 0.6 is 0 Å². The van der Waals surface area contributed by atoms with E-state index in [1.54, 1.807) is 0 Å². The zero-order valence-corrected chi connectivity index (χ0v) is 44.4. The molecule has 8 fully saturated rings. The smallest absolute Gasteiger partial charge is 0.310 e. The van der Waals surface area contributed by atoms with Crippen LogP contribution < -0.4 is 0 Å². The van der Waals surface area contributed by atoms with E-state index in [-0.39, 0.29) is 34.0 Å². The van der Waals surface area contributed by atoms with Crippen LogP contribution in [-0.4, -0.2) is 221 Å². The molecule has 4 aliphatic heterocycles. The fourth-order valence-electron chi connectivity index (χ4n) is 16.5. The first-order valence-electron chi connectivity index (χ1n) is 27.3. The fraction of sp³-hybridized carbons (Fsp3) is 0.943. The normalized spacial score (nSPS) is 55.9. The van der Waals surface area contributed by atoms with Gasteiger partial charge in [0.25, 0.3) is 0 Å². The lowest BCUT2D eigenvalue weighted by atomic mass is 9.33. The number of aliphatic hydroxyl groups excluding tert-OH is 11. The van der Waals surface area contributed by atoms with Crippen LogP contribution in [0, 0.1) is 50.7 Å². The first-order valence-corrected chi connectivity index (χ1v) is 27.3. The third-order valence-corrected chi connectivity index (χ3v) is 21.5. The van der Waals surface area contributed by atoms with Gasteiger partial charge in [0.2, 0.25) is 0 Å². The van der Waals surface area contributed by atoms with E-state index in [1.807, 2.05) is 13.8 Å². The Morgan fingerprint density at radius 3 is 1.84 bits per heavy atom. The number of hydrogen-bond acceptors (Lipinski definition) is 21. The van der Waals surface area contributed by atoms with Crippen molar-refractivity contribution in [1.29, 1.82) is 0 Å². The average Bonchev–Trinajstić information content (AvgIpc) is 3.35. The Bertz CT molecular complexity index is 2080. The standard InChI is InChI=1S/C53H86O22/c1-22-11-16-53(47(65)66)18-17-50(6)24(42(53)52(22,8)67)9-10-29-49(5)14-13-30(48(3,4)28(49)12-15-51(29,50)7)72-45-41(75-43-37(63)34(60)31(57)23(2)69-43)39(25(56)21-68-45)73-46-40(36(62)33(59)27(20-55)71-46)74-44-38(64)35(61)32(58)26(19-54)70-44/h9,22-23,25-46,54-64,67H,10-21H2,1-8H3,(H,65,66). The highest BCUT2D eigenvalue weighted by Gasteiger charge is 2.72. The van der Waals surface area contributed by atoms with Crippen LogP contribution in [0.5, 0.6) is 0 Å². The Kier molecular flexibility index (Phi) is 16.1. The van der Waals surface area contributed by atoms with Crippen molar-refractivity contribution in [3.63, 3.8) is 0 Å². The molecule has 29 atom stereocenters. The molecular formula is C53H86O22. The number of ether oxygens (including phenoxy) is 8. The number of aliphatic carboxylic acids is 1. The molecule has 13 N–H and O–H groups in total. The molecule has 4 saturated carbocycles. The Labute approximate surface area is 437 Å². The van der Waals surface area contributed by atoms with Gasteiger partial charge in [-0.1, -0.05) is 53.2 Å². The lowest BCUT2D eigenvalue weighted by Crippen LogP contribution is -2.68. The zero-order chi connectivity index (χ0) is 54.9. The average molecular weight is 1080 g/mol. The molecule has 0 amide bonds. The van der Waals surface area contributed by atoms with E-state index in [1.165, 1.54) is 6.92 Å². The number of carboxylic acid groups (broad SMARTS) is 1. The van der Waals surface area contributed by atoms with E-state index in [9.17, 15) is 71.2 Å². The van der Waals surface area contributed by atoms with Crippen molar-refractivity contribution in [2.45, 2.75) is 242 Å². The summed E-state index contributed by atoms with van der Waals surface area (Å²) < 4.78 is 49.5. The summed E-state index contributed by atoms with van der Waals surface area (Å²) in [5.41, 5.74) is -2.54. The van der Waals surface area contributed by atoms with E-state index < -0.39 is 171 Å². The van der Waals surface area contributed by atoms with E-state index in [0.29, 0.717) is 32.1 Å². The molecule has 29 unspecified atom stereocenters. The summed E-state index contributed by atoms with van der Waals surface area (Å²) in [5.74, 6) is -1.14. The maximum absolute atomic E-state index is 13.3. The molecule has 4 heterocycles. The van der Waals surface area contributed by atoms with Gasteiger partial charge < -0.3 is 104 Å². The topological polar surface area (TPSA) is 354 Å². The number of carbonyl (C=O) groups is 1. The van der Waals surface area contributed by atoms with Crippen LogP contribution in [0.15, 0.2) is 11.6 Å². The second-order valence-corrected chi connectivity index (χ2v) is 25.5. The SMILES string of the molecule is CC1OC(OC2C(OC3CCC4(C)C(CCC5(C)C4CC=C4C6C(C(=O)O)(CCC(C)C6(C)O)CCC45C)C3(C)C)OCC(O)C2OC2OC(CO)C(O)C(O)C2OC2OC(CO)C(O)C(O)C2O)C(O)C(O)C1O. The highest BCUT2D eigenvalue weighted by molar-refractivity contribution is 5.77. The Hall–Kier alpha value is -1.59. The zero-order valence-electron chi connectivity index (χ0n) is 44.4. The molecule has 0 aromatic carbocycles. The Balaban J connectivity index is 1.01. The molecule has 430 valence electrons. The minimum Gasteiger partial charge on any atom is -0.481 e. The van der Waals surface area contributed by atoms with Crippen molar-refractivity contribution in [1.82, 2.24) is 0 Å². The van der Waals surface area contributed by atoms with Crippen molar-refractivity contribution in [3.05, 3.63) is 11.6 Å². The van der Waals surface area contributed by atoms with Gasteiger partial charge in [0.15, 0.2) is 25.2 Å². The van der Waals surface area contributed by atoms with Crippen molar-refractivity contribution < 1.29 is 109 Å². The summed E-state index contributed by atoms with van der Waals surface area (Å²) in [4.78, 5) is 13.3. The quantitative estimate of drug-likeness (QED) is 0.0887. The lowest BCUT2D eigenvalue weighted by molar-refractivity contribution is -0.401. The maximum Gasteiger partial charge on any atom is 0.310 e. The van der Waals surface area contributed by atoms with Gasteiger partial charge in [-0.05, 0) is 111 Å². The van der Waals surface area contributed by atoms with Crippen molar-refractivity contribution in [2.24, 2.45) is 50.7 Å². The van der Waals surface area contributed by atoms with Crippen molar-refractivity contribution in [2.75, 3.05) is 19.8 Å². The lowest BCUT2D eigenvalue weighted by Gasteiger charge is -2.72. The number of rotatable bonds is 11. The summed E-state index contributed by atoms with van der Waals surface area (Å²) >= 11 is 0. The molecule has 4 saturated heterocycles. The molecule has 9 rings (SSSR count). The number of aliphatic hydroxyl groups is 12. The molecule has 9 aliphatic rings. The van der Waals surface area contributed by atoms with Gasteiger partial charge in [0.05, 0.1) is 43.0 Å².